The largest absolute Gasteiger partial charge is 0.479 e. The molecule has 18 heavy (non-hydrogen) atoms. The summed E-state index contributed by atoms with van der Waals surface area (Å²) in [5.41, 5.74) is 2.40. The van der Waals surface area contributed by atoms with Gasteiger partial charge in [0.15, 0.2) is 17.0 Å². The van der Waals surface area contributed by atoms with Gasteiger partial charge in [-0.2, -0.15) is 4.98 Å². The maximum Gasteiger partial charge on any atom is 0.245 e. The van der Waals surface area contributed by atoms with Crippen LogP contribution in [-0.4, -0.2) is 26.6 Å². The van der Waals surface area contributed by atoms with Gasteiger partial charge in [0.05, 0.1) is 13.4 Å². The van der Waals surface area contributed by atoms with Crippen LogP contribution < -0.4 is 4.74 Å². The zero-order chi connectivity index (χ0) is 12.5. The van der Waals surface area contributed by atoms with Crippen molar-refractivity contribution in [1.82, 2.24) is 19.5 Å². The maximum atomic E-state index is 5.28. The first-order valence-corrected chi connectivity index (χ1v) is 5.58. The van der Waals surface area contributed by atoms with Gasteiger partial charge >= 0.3 is 0 Å². The van der Waals surface area contributed by atoms with E-state index in [1.807, 2.05) is 41.9 Å². The van der Waals surface area contributed by atoms with Gasteiger partial charge in [-0.3, -0.25) is 0 Å². The van der Waals surface area contributed by atoms with Gasteiger partial charge in [-0.05, 0) is 0 Å². The van der Waals surface area contributed by atoms with Crippen molar-refractivity contribution in [3.63, 3.8) is 0 Å². The lowest BCUT2D eigenvalue weighted by atomic mass is 10.2. The quantitative estimate of drug-likeness (QED) is 0.687. The summed E-state index contributed by atoms with van der Waals surface area (Å²) in [6.07, 6.45) is 1.70. The van der Waals surface area contributed by atoms with Crippen LogP contribution in [0.15, 0.2) is 36.7 Å². The first-order chi connectivity index (χ1) is 8.79. The molecular weight excluding hydrogens is 228 g/mol. The Labute approximate surface area is 104 Å². The molecule has 90 valence electrons. The van der Waals surface area contributed by atoms with Gasteiger partial charge in [-0.1, -0.05) is 30.3 Å². The summed E-state index contributed by atoms with van der Waals surface area (Å²) in [6, 6.07) is 9.81. The molecule has 0 aliphatic rings. The van der Waals surface area contributed by atoms with Crippen molar-refractivity contribution >= 4 is 11.2 Å². The standard InChI is InChI=1S/C13H12N4O/c1-17-8-14-10-12(17)15-11(16-13(10)18-2)9-6-4-3-5-7-9/h3-8H,1-2H3. The summed E-state index contributed by atoms with van der Waals surface area (Å²) in [5, 5.41) is 0. The first-order valence-electron chi connectivity index (χ1n) is 5.58. The normalized spacial score (nSPS) is 10.8. The second-order valence-electron chi connectivity index (χ2n) is 3.95. The number of aryl methyl sites for hydroxylation is 1. The Bertz CT molecular complexity index is 691. The molecule has 3 aromatic rings. The van der Waals surface area contributed by atoms with Crippen LogP contribution in [0.4, 0.5) is 0 Å². The van der Waals surface area contributed by atoms with Crippen molar-refractivity contribution in [1.29, 1.82) is 0 Å². The van der Waals surface area contributed by atoms with Crippen molar-refractivity contribution in [3.05, 3.63) is 36.7 Å². The van der Waals surface area contributed by atoms with E-state index < -0.39 is 0 Å². The molecule has 0 fully saturated rings. The van der Waals surface area contributed by atoms with Crippen LogP contribution in [0.5, 0.6) is 5.88 Å². The molecule has 0 aliphatic carbocycles. The third-order valence-electron chi connectivity index (χ3n) is 2.75. The third kappa shape index (κ3) is 1.60. The van der Waals surface area contributed by atoms with Crippen molar-refractivity contribution in [2.24, 2.45) is 7.05 Å². The number of hydrogen-bond donors (Lipinski definition) is 0. The van der Waals surface area contributed by atoms with E-state index in [1.54, 1.807) is 13.4 Å². The highest BCUT2D eigenvalue weighted by molar-refractivity contribution is 5.78. The Hall–Kier alpha value is -2.43. The Morgan fingerprint density at radius 1 is 1.11 bits per heavy atom. The molecule has 5 nitrogen and oxygen atoms in total. The number of hydrogen-bond acceptors (Lipinski definition) is 4. The summed E-state index contributed by atoms with van der Waals surface area (Å²) in [4.78, 5) is 13.2. The number of aromatic nitrogens is 4. The highest BCUT2D eigenvalue weighted by Gasteiger charge is 2.13. The topological polar surface area (TPSA) is 52.8 Å². The van der Waals surface area contributed by atoms with E-state index in [4.69, 9.17) is 4.74 Å². The van der Waals surface area contributed by atoms with Gasteiger partial charge in [0.25, 0.3) is 0 Å². The third-order valence-corrected chi connectivity index (χ3v) is 2.75. The van der Waals surface area contributed by atoms with Crippen LogP contribution >= 0.6 is 0 Å². The second-order valence-corrected chi connectivity index (χ2v) is 3.95. The number of rotatable bonds is 2. The van der Waals surface area contributed by atoms with E-state index in [-0.39, 0.29) is 0 Å². The smallest absolute Gasteiger partial charge is 0.245 e. The summed E-state index contributed by atoms with van der Waals surface area (Å²) in [7, 11) is 3.49. The molecule has 3 rings (SSSR count). The number of imidazole rings is 1. The average molecular weight is 240 g/mol. The molecule has 2 aromatic heterocycles. The fourth-order valence-corrected chi connectivity index (χ4v) is 1.84. The first kappa shape index (κ1) is 10.7. The van der Waals surface area contributed by atoms with Crippen molar-refractivity contribution in [2.75, 3.05) is 7.11 Å². The molecule has 1 aromatic carbocycles. The summed E-state index contributed by atoms with van der Waals surface area (Å²) >= 11 is 0. The minimum atomic E-state index is 0.499. The lowest BCUT2D eigenvalue weighted by molar-refractivity contribution is 0.402. The van der Waals surface area contributed by atoms with Crippen LogP contribution in [0, 0.1) is 0 Å². The Morgan fingerprint density at radius 3 is 2.61 bits per heavy atom. The average Bonchev–Trinajstić information content (AvgIpc) is 2.81. The highest BCUT2D eigenvalue weighted by Crippen LogP contribution is 2.24. The molecule has 0 bridgehead atoms. The number of benzene rings is 1. The van der Waals surface area contributed by atoms with Crippen LogP contribution in [0.1, 0.15) is 0 Å². The Morgan fingerprint density at radius 2 is 1.89 bits per heavy atom. The molecule has 0 amide bonds. The number of nitrogens with zero attached hydrogens (tertiary/aromatic N) is 4. The number of ether oxygens (including phenoxy) is 1. The van der Waals surface area contributed by atoms with Gasteiger partial charge in [0, 0.05) is 12.6 Å². The summed E-state index contributed by atoms with van der Waals surface area (Å²) in [5.74, 6) is 1.14. The van der Waals surface area contributed by atoms with Crippen LogP contribution in [-0.2, 0) is 7.05 Å². The van der Waals surface area contributed by atoms with Gasteiger partial charge < -0.3 is 9.30 Å². The Balaban J connectivity index is 2.28. The molecule has 0 spiro atoms. The van der Waals surface area contributed by atoms with Gasteiger partial charge in [0.2, 0.25) is 5.88 Å². The SMILES string of the molecule is COc1nc(-c2ccccc2)nc2c1ncn2C. The maximum absolute atomic E-state index is 5.28. The summed E-state index contributed by atoms with van der Waals surface area (Å²) < 4.78 is 7.13. The fraction of sp³-hybridized carbons (Fsp3) is 0.154. The number of fused-ring (bicyclic) bond motifs is 1. The molecular formula is C13H12N4O. The fourth-order valence-electron chi connectivity index (χ4n) is 1.84. The van der Waals surface area contributed by atoms with Crippen LogP contribution in [0.2, 0.25) is 0 Å². The molecule has 2 heterocycles. The number of methoxy groups -OCH3 is 1. The summed E-state index contributed by atoms with van der Waals surface area (Å²) in [6.45, 7) is 0. The second kappa shape index (κ2) is 4.10. The van der Waals surface area contributed by atoms with E-state index in [0.29, 0.717) is 17.2 Å². The van der Waals surface area contributed by atoms with Crippen molar-refractivity contribution < 1.29 is 4.74 Å². The van der Waals surface area contributed by atoms with Gasteiger partial charge in [0.1, 0.15) is 0 Å². The molecule has 0 aliphatic heterocycles. The van der Waals surface area contributed by atoms with E-state index in [2.05, 4.69) is 15.0 Å². The lowest BCUT2D eigenvalue weighted by Crippen LogP contribution is -1.97. The van der Waals surface area contributed by atoms with Crippen LogP contribution in [0.25, 0.3) is 22.6 Å². The zero-order valence-electron chi connectivity index (χ0n) is 10.2. The molecule has 0 saturated carbocycles. The monoisotopic (exact) mass is 240 g/mol. The zero-order valence-corrected chi connectivity index (χ0v) is 10.2. The van der Waals surface area contributed by atoms with Crippen LogP contribution in [0.3, 0.4) is 0 Å². The highest BCUT2D eigenvalue weighted by atomic mass is 16.5. The Kier molecular flexibility index (Phi) is 2.44. The molecule has 0 atom stereocenters. The van der Waals surface area contributed by atoms with Gasteiger partial charge in [-0.25, -0.2) is 9.97 Å². The van der Waals surface area contributed by atoms with Crippen molar-refractivity contribution in [2.45, 2.75) is 0 Å². The van der Waals surface area contributed by atoms with E-state index in [9.17, 15) is 0 Å². The molecule has 0 radical (unpaired) electrons. The predicted octanol–water partition coefficient (Wildman–Crippen LogP) is 2.04. The lowest BCUT2D eigenvalue weighted by Gasteiger charge is -2.04. The van der Waals surface area contributed by atoms with Gasteiger partial charge in [-0.15, -0.1) is 0 Å². The minimum Gasteiger partial charge on any atom is -0.479 e. The predicted molar refractivity (Wildman–Crippen MR) is 68.3 cm³/mol. The van der Waals surface area contributed by atoms with E-state index in [0.717, 1.165) is 11.2 Å². The molecule has 5 heteroatoms. The minimum absolute atomic E-state index is 0.499. The molecule has 0 saturated heterocycles. The molecule has 0 unspecified atom stereocenters. The van der Waals surface area contributed by atoms with E-state index in [1.165, 1.54) is 0 Å². The molecule has 0 N–H and O–H groups in total. The van der Waals surface area contributed by atoms with Crippen molar-refractivity contribution in [3.8, 4) is 17.3 Å². The van der Waals surface area contributed by atoms with E-state index >= 15 is 0 Å².